The molecule has 0 aliphatic heterocycles. The number of nitrogens with two attached hydrogens (primary N) is 1. The molecule has 3 N–H and O–H groups in total. The second kappa shape index (κ2) is 5.35. The Morgan fingerprint density at radius 2 is 2.06 bits per heavy atom. The Morgan fingerprint density at radius 3 is 2.78 bits per heavy atom. The Morgan fingerprint density at radius 1 is 1.22 bits per heavy atom. The smallest absolute Gasteiger partial charge is 0.328 e. The molecule has 0 radical (unpaired) electrons. The quantitative estimate of drug-likeness (QED) is 0.780. The number of aryl methyl sites for hydroxylation is 2. The van der Waals surface area contributed by atoms with E-state index in [1.807, 2.05) is 24.3 Å². The van der Waals surface area contributed by atoms with Crippen molar-refractivity contribution in [2.24, 2.45) is 0 Å². The molecule has 0 aliphatic rings. The van der Waals surface area contributed by atoms with Crippen LogP contribution in [-0.4, -0.2) is 9.55 Å². The predicted octanol–water partition coefficient (Wildman–Crippen LogP) is 0.752. The number of anilines is 1. The number of H-pyrrole nitrogens is 1. The monoisotopic (exact) mass is 245 g/mol. The molecule has 0 saturated carbocycles. The lowest BCUT2D eigenvalue weighted by Gasteiger charge is -2.05. The molecule has 0 amide bonds. The number of nitrogen functional groups attached to an aromatic ring is 1. The number of rotatable bonds is 4. The van der Waals surface area contributed by atoms with E-state index in [9.17, 15) is 9.59 Å². The number of benzene rings is 1. The molecule has 5 nitrogen and oxygen atoms in total. The molecule has 0 atom stereocenters. The van der Waals surface area contributed by atoms with Crippen molar-refractivity contribution in [3.8, 4) is 0 Å². The molecule has 0 aliphatic carbocycles. The number of hydrogen-bond donors (Lipinski definition) is 2. The molecule has 1 heterocycles. The number of hydrogen-bond acceptors (Lipinski definition) is 3. The van der Waals surface area contributed by atoms with E-state index in [4.69, 9.17) is 5.73 Å². The first-order chi connectivity index (χ1) is 8.65. The second-order valence-electron chi connectivity index (χ2n) is 4.15. The molecule has 0 fully saturated rings. The minimum atomic E-state index is -0.368. The Balaban J connectivity index is 1.96. The summed E-state index contributed by atoms with van der Waals surface area (Å²) < 4.78 is 1.49. The maximum atomic E-state index is 11.4. The third kappa shape index (κ3) is 3.10. The maximum Gasteiger partial charge on any atom is 0.328 e. The lowest BCUT2D eigenvalue weighted by molar-refractivity contribution is 0.605. The Hall–Kier alpha value is -2.30. The molecule has 1 aromatic carbocycles. The van der Waals surface area contributed by atoms with Gasteiger partial charge in [0.15, 0.2) is 0 Å². The molecule has 5 heteroatoms. The number of nitrogens with one attached hydrogen (secondary N) is 1. The third-order valence-electron chi connectivity index (χ3n) is 2.71. The first-order valence-electron chi connectivity index (χ1n) is 5.79. The van der Waals surface area contributed by atoms with Crippen molar-refractivity contribution in [2.75, 3.05) is 5.73 Å². The summed E-state index contributed by atoms with van der Waals surface area (Å²) in [6.07, 6.45) is 3.17. The molecule has 0 unspecified atom stereocenters. The molecule has 2 rings (SSSR count). The first kappa shape index (κ1) is 12.2. The molecule has 0 bridgehead atoms. The van der Waals surface area contributed by atoms with Crippen molar-refractivity contribution in [2.45, 2.75) is 19.4 Å². The van der Waals surface area contributed by atoms with Crippen LogP contribution in [0.4, 0.5) is 5.69 Å². The molecule has 0 spiro atoms. The average molecular weight is 245 g/mol. The highest BCUT2D eigenvalue weighted by Crippen LogP contribution is 2.08. The zero-order valence-electron chi connectivity index (χ0n) is 9.93. The van der Waals surface area contributed by atoms with Gasteiger partial charge in [-0.2, -0.15) is 0 Å². The molecule has 18 heavy (non-hydrogen) atoms. The van der Waals surface area contributed by atoms with E-state index >= 15 is 0 Å². The topological polar surface area (TPSA) is 80.9 Å². The Kier molecular flexibility index (Phi) is 3.62. The van der Waals surface area contributed by atoms with Crippen LogP contribution >= 0.6 is 0 Å². The number of aromatic amines is 1. The lowest BCUT2D eigenvalue weighted by Crippen LogP contribution is -2.28. The fourth-order valence-corrected chi connectivity index (χ4v) is 1.82. The fraction of sp³-hybridized carbons (Fsp3) is 0.231. The van der Waals surface area contributed by atoms with Gasteiger partial charge >= 0.3 is 5.69 Å². The van der Waals surface area contributed by atoms with Gasteiger partial charge in [-0.15, -0.1) is 0 Å². The average Bonchev–Trinajstić information content (AvgIpc) is 2.32. The normalized spacial score (nSPS) is 10.4. The summed E-state index contributed by atoms with van der Waals surface area (Å²) in [6, 6.07) is 9.04. The zero-order valence-corrected chi connectivity index (χ0v) is 9.93. The van der Waals surface area contributed by atoms with E-state index in [0.717, 1.165) is 24.1 Å². The van der Waals surface area contributed by atoms with Crippen LogP contribution in [0.5, 0.6) is 0 Å². The standard InChI is InChI=1S/C13H15N3O2/c14-11-5-1-3-10(9-11)4-2-7-16-8-6-12(17)15-13(16)18/h1,3,5-6,8-9H,2,4,7,14H2,(H,15,17,18). The van der Waals surface area contributed by atoms with Crippen LogP contribution in [0.2, 0.25) is 0 Å². The number of nitrogens with zero attached hydrogens (tertiary/aromatic N) is 1. The van der Waals surface area contributed by atoms with Gasteiger partial charge in [0.2, 0.25) is 0 Å². The summed E-state index contributed by atoms with van der Waals surface area (Å²) >= 11 is 0. The molecule has 0 saturated heterocycles. The van der Waals surface area contributed by atoms with E-state index < -0.39 is 0 Å². The van der Waals surface area contributed by atoms with Crippen LogP contribution in [0.25, 0.3) is 0 Å². The Bertz CT molecular complexity index is 643. The summed E-state index contributed by atoms with van der Waals surface area (Å²) in [4.78, 5) is 24.5. The van der Waals surface area contributed by atoms with E-state index in [-0.39, 0.29) is 11.2 Å². The molecule has 2 aromatic rings. The van der Waals surface area contributed by atoms with Crippen molar-refractivity contribution in [1.82, 2.24) is 9.55 Å². The van der Waals surface area contributed by atoms with Gasteiger partial charge in [-0.05, 0) is 30.5 Å². The van der Waals surface area contributed by atoms with E-state index in [0.29, 0.717) is 6.54 Å². The largest absolute Gasteiger partial charge is 0.399 e. The van der Waals surface area contributed by atoms with Crippen molar-refractivity contribution in [3.05, 3.63) is 62.9 Å². The molecular formula is C13H15N3O2. The summed E-state index contributed by atoms with van der Waals surface area (Å²) in [6.45, 7) is 0.574. The van der Waals surface area contributed by atoms with Crippen molar-refractivity contribution >= 4 is 5.69 Å². The highest BCUT2D eigenvalue weighted by molar-refractivity contribution is 5.40. The first-order valence-corrected chi connectivity index (χ1v) is 5.79. The summed E-state index contributed by atoms with van der Waals surface area (Å²) in [7, 11) is 0. The van der Waals surface area contributed by atoms with E-state index in [2.05, 4.69) is 4.98 Å². The van der Waals surface area contributed by atoms with Crippen LogP contribution < -0.4 is 17.0 Å². The van der Waals surface area contributed by atoms with Gasteiger partial charge in [-0.25, -0.2) is 4.79 Å². The Labute approximate surface area is 104 Å². The number of aromatic nitrogens is 2. The van der Waals surface area contributed by atoms with Gasteiger partial charge in [0.05, 0.1) is 0 Å². The van der Waals surface area contributed by atoms with E-state index in [1.54, 1.807) is 0 Å². The van der Waals surface area contributed by atoms with Crippen molar-refractivity contribution in [1.29, 1.82) is 0 Å². The van der Waals surface area contributed by atoms with Crippen molar-refractivity contribution < 1.29 is 0 Å². The van der Waals surface area contributed by atoms with Crippen LogP contribution in [0.3, 0.4) is 0 Å². The van der Waals surface area contributed by atoms with Crippen molar-refractivity contribution in [3.63, 3.8) is 0 Å². The second-order valence-corrected chi connectivity index (χ2v) is 4.15. The van der Waals surface area contributed by atoms with Gasteiger partial charge in [0.1, 0.15) is 0 Å². The van der Waals surface area contributed by atoms with Gasteiger partial charge < -0.3 is 10.3 Å². The van der Waals surface area contributed by atoms with Crippen LogP contribution in [0.1, 0.15) is 12.0 Å². The highest BCUT2D eigenvalue weighted by Gasteiger charge is 1.98. The lowest BCUT2D eigenvalue weighted by atomic mass is 10.1. The molecular weight excluding hydrogens is 230 g/mol. The SMILES string of the molecule is Nc1cccc(CCCn2ccc(=O)[nH]c2=O)c1. The van der Waals surface area contributed by atoms with Crippen LogP contribution in [0.15, 0.2) is 46.1 Å². The summed E-state index contributed by atoms with van der Waals surface area (Å²) in [5.41, 5.74) is 6.84. The minimum absolute atomic E-state index is 0.366. The van der Waals surface area contributed by atoms with E-state index in [1.165, 1.54) is 16.8 Å². The summed E-state index contributed by atoms with van der Waals surface area (Å²) in [5, 5.41) is 0. The van der Waals surface area contributed by atoms with Crippen LogP contribution in [0, 0.1) is 0 Å². The zero-order chi connectivity index (χ0) is 13.0. The van der Waals surface area contributed by atoms with Gasteiger partial charge in [0, 0.05) is 24.5 Å². The minimum Gasteiger partial charge on any atom is -0.399 e. The molecule has 1 aromatic heterocycles. The van der Waals surface area contributed by atoms with Gasteiger partial charge in [-0.1, -0.05) is 12.1 Å². The van der Waals surface area contributed by atoms with Gasteiger partial charge in [-0.3, -0.25) is 9.78 Å². The highest BCUT2D eigenvalue weighted by atomic mass is 16.2. The predicted molar refractivity (Wildman–Crippen MR) is 70.5 cm³/mol. The molecule has 94 valence electrons. The third-order valence-corrected chi connectivity index (χ3v) is 2.71. The van der Waals surface area contributed by atoms with Crippen LogP contribution in [-0.2, 0) is 13.0 Å². The van der Waals surface area contributed by atoms with Gasteiger partial charge in [0.25, 0.3) is 5.56 Å². The maximum absolute atomic E-state index is 11.4. The fourth-order valence-electron chi connectivity index (χ4n) is 1.82. The summed E-state index contributed by atoms with van der Waals surface area (Å²) in [5.74, 6) is 0.